The fourth-order valence-electron chi connectivity index (χ4n) is 1.43. The highest BCUT2D eigenvalue weighted by molar-refractivity contribution is 6.33. The Bertz CT molecular complexity index is 753. The molecule has 0 atom stereocenters. The molecule has 0 unspecified atom stereocenters. The Morgan fingerprint density at radius 2 is 1.95 bits per heavy atom. The maximum Gasteiger partial charge on any atom is 0.339 e. The number of nitriles is 3. The first kappa shape index (κ1) is 17.0. The Morgan fingerprint density at radius 3 is 2.45 bits per heavy atom. The van der Waals surface area contributed by atoms with Crippen molar-refractivity contribution in [1.29, 1.82) is 15.8 Å². The van der Waals surface area contributed by atoms with Crippen molar-refractivity contribution in [3.63, 3.8) is 0 Å². The number of nitrogens with zero attached hydrogens (tertiary/aromatic N) is 3. The molecule has 0 aliphatic rings. The van der Waals surface area contributed by atoms with Crippen molar-refractivity contribution in [3.05, 3.63) is 39.8 Å². The van der Waals surface area contributed by atoms with Gasteiger partial charge in [-0.25, -0.2) is 9.18 Å². The van der Waals surface area contributed by atoms with E-state index < -0.39 is 23.1 Å². The predicted octanol–water partition coefficient (Wildman–Crippen LogP) is 2.89. The van der Waals surface area contributed by atoms with Gasteiger partial charge in [0.15, 0.2) is 5.57 Å². The molecule has 0 spiro atoms. The van der Waals surface area contributed by atoms with Gasteiger partial charge in [0.05, 0.1) is 22.9 Å². The number of hydrogen-bond acceptors (Lipinski definition) is 6. The van der Waals surface area contributed by atoms with Crippen LogP contribution in [0.2, 0.25) is 5.02 Å². The molecule has 6 nitrogen and oxygen atoms in total. The van der Waals surface area contributed by atoms with Crippen molar-refractivity contribution >= 4 is 23.3 Å². The number of anilines is 1. The molecule has 0 heterocycles. The molecular formula is C14H8ClFN4O2. The van der Waals surface area contributed by atoms with Gasteiger partial charge in [0.25, 0.3) is 0 Å². The van der Waals surface area contributed by atoms with Crippen molar-refractivity contribution in [1.82, 2.24) is 0 Å². The summed E-state index contributed by atoms with van der Waals surface area (Å²) in [5, 5.41) is 28.5. The lowest BCUT2D eigenvalue weighted by Gasteiger charge is -2.10. The van der Waals surface area contributed by atoms with E-state index in [1.54, 1.807) is 13.0 Å². The number of ether oxygens (including phenoxy) is 1. The minimum atomic E-state index is -0.860. The first-order valence-corrected chi connectivity index (χ1v) is 6.24. The van der Waals surface area contributed by atoms with E-state index in [2.05, 4.69) is 5.32 Å². The van der Waals surface area contributed by atoms with E-state index in [4.69, 9.17) is 32.1 Å². The molecule has 1 aromatic carbocycles. The normalized spacial score (nSPS) is 8.91. The maximum atomic E-state index is 13.9. The SMILES string of the molecule is CCOC(=O)c1cc(NC(C#N)=C(C#N)C#N)c(F)cc1Cl. The summed E-state index contributed by atoms with van der Waals surface area (Å²) in [6, 6.07) is 6.49. The Hall–Kier alpha value is -3.08. The number of carbonyl (C=O) groups excluding carboxylic acids is 1. The van der Waals surface area contributed by atoms with E-state index in [0.29, 0.717) is 0 Å². The topological polar surface area (TPSA) is 110 Å². The summed E-state index contributed by atoms with van der Waals surface area (Å²) in [6.07, 6.45) is 0. The van der Waals surface area contributed by atoms with Crippen LogP contribution in [0.5, 0.6) is 0 Å². The van der Waals surface area contributed by atoms with Crippen LogP contribution in [-0.2, 0) is 4.74 Å². The van der Waals surface area contributed by atoms with Gasteiger partial charge in [-0.2, -0.15) is 15.8 Å². The third-order valence-corrected chi connectivity index (χ3v) is 2.71. The van der Waals surface area contributed by atoms with Crippen LogP contribution in [-0.4, -0.2) is 12.6 Å². The smallest absolute Gasteiger partial charge is 0.339 e. The van der Waals surface area contributed by atoms with E-state index in [0.717, 1.165) is 12.1 Å². The average Bonchev–Trinajstić information content (AvgIpc) is 2.49. The molecule has 0 saturated heterocycles. The molecule has 22 heavy (non-hydrogen) atoms. The number of halogens is 2. The van der Waals surface area contributed by atoms with Crippen LogP contribution in [0.3, 0.4) is 0 Å². The van der Waals surface area contributed by atoms with Crippen molar-refractivity contribution in [2.75, 3.05) is 11.9 Å². The predicted molar refractivity (Wildman–Crippen MR) is 74.9 cm³/mol. The first-order chi connectivity index (χ1) is 10.5. The number of nitrogens with one attached hydrogen (secondary N) is 1. The van der Waals surface area contributed by atoms with Crippen LogP contribution < -0.4 is 5.32 Å². The van der Waals surface area contributed by atoms with Crippen molar-refractivity contribution in [2.45, 2.75) is 6.92 Å². The minimum absolute atomic E-state index is 0.103. The molecule has 0 aliphatic carbocycles. The van der Waals surface area contributed by atoms with Gasteiger partial charge in [-0.15, -0.1) is 0 Å². The number of hydrogen-bond donors (Lipinski definition) is 1. The summed E-state index contributed by atoms with van der Waals surface area (Å²) >= 11 is 5.77. The van der Waals surface area contributed by atoms with Crippen LogP contribution in [0.15, 0.2) is 23.4 Å². The number of benzene rings is 1. The summed E-state index contributed by atoms with van der Waals surface area (Å²) in [5.74, 6) is -1.63. The molecular weight excluding hydrogens is 311 g/mol. The van der Waals surface area contributed by atoms with Crippen molar-refractivity contribution in [3.8, 4) is 18.2 Å². The van der Waals surface area contributed by atoms with E-state index in [1.807, 2.05) is 0 Å². The van der Waals surface area contributed by atoms with Gasteiger partial charge in [-0.1, -0.05) is 11.6 Å². The van der Waals surface area contributed by atoms with E-state index in [9.17, 15) is 9.18 Å². The van der Waals surface area contributed by atoms with Gasteiger partial charge in [-0.05, 0) is 19.1 Å². The number of allylic oxidation sites excluding steroid dienone is 2. The van der Waals surface area contributed by atoms with Crippen LogP contribution in [0.25, 0.3) is 0 Å². The Kier molecular flexibility index (Phi) is 5.89. The molecule has 1 N–H and O–H groups in total. The standard InChI is InChI=1S/C14H8ClFN4O2/c1-2-22-14(21)9-3-12(11(16)4-10(9)15)20-13(7-19)8(5-17)6-18/h3-4,20H,2H2,1H3. The van der Waals surface area contributed by atoms with Gasteiger partial charge in [0.2, 0.25) is 0 Å². The lowest BCUT2D eigenvalue weighted by atomic mass is 10.1. The highest BCUT2D eigenvalue weighted by Gasteiger charge is 2.17. The van der Waals surface area contributed by atoms with Crippen molar-refractivity contribution in [2.24, 2.45) is 0 Å². The van der Waals surface area contributed by atoms with Gasteiger partial charge in [0.1, 0.15) is 29.7 Å². The van der Waals surface area contributed by atoms with Crippen LogP contribution in [0.1, 0.15) is 17.3 Å². The molecule has 0 bridgehead atoms. The second-order valence-electron chi connectivity index (χ2n) is 3.74. The fraction of sp³-hybridized carbons (Fsp3) is 0.143. The Morgan fingerprint density at radius 1 is 1.32 bits per heavy atom. The number of rotatable bonds is 4. The third kappa shape index (κ3) is 3.73. The second-order valence-corrected chi connectivity index (χ2v) is 4.15. The minimum Gasteiger partial charge on any atom is -0.462 e. The molecule has 0 amide bonds. The highest BCUT2D eigenvalue weighted by Crippen LogP contribution is 2.26. The zero-order chi connectivity index (χ0) is 16.7. The highest BCUT2D eigenvalue weighted by atomic mass is 35.5. The van der Waals surface area contributed by atoms with E-state index in [1.165, 1.54) is 12.1 Å². The molecule has 0 fully saturated rings. The quantitative estimate of drug-likeness (QED) is 0.675. The zero-order valence-corrected chi connectivity index (χ0v) is 12.0. The average molecular weight is 319 g/mol. The van der Waals surface area contributed by atoms with E-state index in [-0.39, 0.29) is 22.9 Å². The molecule has 0 saturated carbocycles. The van der Waals surface area contributed by atoms with Crippen LogP contribution >= 0.6 is 11.6 Å². The summed E-state index contributed by atoms with van der Waals surface area (Å²) in [4.78, 5) is 11.7. The second kappa shape index (κ2) is 7.64. The summed E-state index contributed by atoms with van der Waals surface area (Å²) in [5.41, 5.74) is -1.36. The number of carbonyl (C=O) groups is 1. The molecule has 1 aromatic rings. The van der Waals surface area contributed by atoms with Crippen LogP contribution in [0.4, 0.5) is 10.1 Å². The monoisotopic (exact) mass is 318 g/mol. The molecule has 110 valence electrons. The molecule has 1 rings (SSSR count). The molecule has 8 heteroatoms. The maximum absolute atomic E-state index is 13.9. The van der Waals surface area contributed by atoms with Gasteiger partial charge >= 0.3 is 5.97 Å². The van der Waals surface area contributed by atoms with Crippen LogP contribution in [0, 0.1) is 39.8 Å². The fourth-order valence-corrected chi connectivity index (χ4v) is 1.66. The van der Waals surface area contributed by atoms with Gasteiger partial charge in [-0.3, -0.25) is 0 Å². The Balaban J connectivity index is 3.33. The van der Waals surface area contributed by atoms with Gasteiger partial charge in [0, 0.05) is 0 Å². The lowest BCUT2D eigenvalue weighted by Crippen LogP contribution is -2.08. The summed E-state index contributed by atoms with van der Waals surface area (Å²) in [6.45, 7) is 1.70. The summed E-state index contributed by atoms with van der Waals surface area (Å²) < 4.78 is 18.6. The van der Waals surface area contributed by atoms with Crippen molar-refractivity contribution < 1.29 is 13.9 Å². The van der Waals surface area contributed by atoms with E-state index >= 15 is 0 Å². The zero-order valence-electron chi connectivity index (χ0n) is 11.3. The largest absolute Gasteiger partial charge is 0.462 e. The summed E-state index contributed by atoms with van der Waals surface area (Å²) in [7, 11) is 0. The third-order valence-electron chi connectivity index (χ3n) is 2.40. The molecule has 0 aromatic heterocycles. The first-order valence-electron chi connectivity index (χ1n) is 5.86. The number of esters is 1. The molecule has 0 aliphatic heterocycles. The lowest BCUT2D eigenvalue weighted by molar-refractivity contribution is 0.0526. The van der Waals surface area contributed by atoms with Gasteiger partial charge < -0.3 is 10.1 Å². The molecule has 0 radical (unpaired) electrons. The Labute approximate surface area is 130 Å².